The Morgan fingerprint density at radius 3 is 2.74 bits per heavy atom. The van der Waals surface area contributed by atoms with Crippen molar-refractivity contribution in [1.82, 2.24) is 9.80 Å². The van der Waals surface area contributed by atoms with Crippen molar-refractivity contribution in [2.75, 3.05) is 26.7 Å². The van der Waals surface area contributed by atoms with E-state index in [4.69, 9.17) is 4.74 Å². The van der Waals surface area contributed by atoms with E-state index in [0.29, 0.717) is 19.6 Å². The highest BCUT2D eigenvalue weighted by atomic mass is 32.1. The zero-order valence-electron chi connectivity index (χ0n) is 16.0. The van der Waals surface area contributed by atoms with Gasteiger partial charge in [-0.15, -0.1) is 11.3 Å². The first kappa shape index (κ1) is 21.4. The molecule has 0 aromatic carbocycles. The van der Waals surface area contributed by atoms with Gasteiger partial charge in [-0.1, -0.05) is 0 Å². The topological polar surface area (TPSA) is 59.1 Å². The van der Waals surface area contributed by atoms with E-state index < -0.39 is 18.3 Å². The highest BCUT2D eigenvalue weighted by Gasteiger charge is 2.30. The summed E-state index contributed by atoms with van der Waals surface area (Å²) in [6.07, 6.45) is 1.26. The van der Waals surface area contributed by atoms with E-state index in [1.54, 1.807) is 38.1 Å². The van der Waals surface area contributed by atoms with Gasteiger partial charge in [-0.3, -0.25) is 4.79 Å². The number of likely N-dealkylation sites (tertiary alicyclic amines) is 1. The number of carbonyl (C=O) groups is 2. The summed E-state index contributed by atoms with van der Waals surface area (Å²) < 4.78 is 34.8. The van der Waals surface area contributed by atoms with Crippen molar-refractivity contribution in [1.29, 1.82) is 0 Å². The van der Waals surface area contributed by atoms with Crippen LogP contribution in [0, 0.1) is 5.92 Å². The zero-order valence-corrected chi connectivity index (χ0v) is 16.9. The van der Waals surface area contributed by atoms with Crippen LogP contribution in [0.1, 0.15) is 43.3 Å². The number of halogens is 2. The van der Waals surface area contributed by atoms with E-state index in [1.165, 1.54) is 11.0 Å². The molecule has 2 amide bonds. The molecule has 1 aliphatic heterocycles. The summed E-state index contributed by atoms with van der Waals surface area (Å²) in [7, 11) is 1.67. The number of alkyl halides is 2. The van der Waals surface area contributed by atoms with Gasteiger partial charge in [0.05, 0.1) is 0 Å². The molecule has 27 heavy (non-hydrogen) atoms. The van der Waals surface area contributed by atoms with Gasteiger partial charge in [-0.05, 0) is 51.0 Å². The van der Waals surface area contributed by atoms with Gasteiger partial charge in [0.15, 0.2) is 0 Å². The second-order valence-corrected chi connectivity index (χ2v) is 8.53. The van der Waals surface area contributed by atoms with Gasteiger partial charge in [0.1, 0.15) is 16.2 Å². The van der Waals surface area contributed by atoms with Gasteiger partial charge in [0.25, 0.3) is 5.91 Å². The van der Waals surface area contributed by atoms with Crippen molar-refractivity contribution in [2.45, 2.75) is 45.8 Å². The molecule has 0 spiro atoms. The van der Waals surface area contributed by atoms with Gasteiger partial charge >= 0.3 is 12.7 Å². The normalized spacial score (nSPS) is 17.7. The Kier molecular flexibility index (Phi) is 7.02. The van der Waals surface area contributed by atoms with Gasteiger partial charge < -0.3 is 19.3 Å². The zero-order chi connectivity index (χ0) is 20.2. The minimum absolute atomic E-state index is 0.0898. The number of thiophene rings is 1. The smallest absolute Gasteiger partial charge is 0.410 e. The van der Waals surface area contributed by atoms with Crippen LogP contribution >= 0.6 is 11.3 Å². The van der Waals surface area contributed by atoms with Gasteiger partial charge in [-0.2, -0.15) is 8.78 Å². The molecule has 0 bridgehead atoms. The minimum atomic E-state index is -2.97. The maximum Gasteiger partial charge on any atom is 0.410 e. The lowest BCUT2D eigenvalue weighted by atomic mass is 9.97. The maximum atomic E-state index is 12.7. The predicted octanol–water partition coefficient (Wildman–Crippen LogP) is 4.07. The highest BCUT2D eigenvalue weighted by Crippen LogP contribution is 2.29. The summed E-state index contributed by atoms with van der Waals surface area (Å²) in [6, 6.07) is 1.38. The molecule has 9 heteroatoms. The fourth-order valence-electron chi connectivity index (χ4n) is 2.99. The fourth-order valence-corrected chi connectivity index (χ4v) is 3.78. The molecular weight excluding hydrogens is 378 g/mol. The highest BCUT2D eigenvalue weighted by molar-refractivity contribution is 7.12. The second-order valence-electron chi connectivity index (χ2n) is 7.61. The van der Waals surface area contributed by atoms with Crippen LogP contribution in [-0.2, 0) is 4.74 Å². The van der Waals surface area contributed by atoms with Crippen molar-refractivity contribution >= 4 is 23.3 Å². The second kappa shape index (κ2) is 8.86. The Morgan fingerprint density at radius 1 is 1.41 bits per heavy atom. The van der Waals surface area contributed by atoms with E-state index in [1.807, 2.05) is 0 Å². The van der Waals surface area contributed by atoms with Crippen LogP contribution in [0.3, 0.4) is 0 Å². The molecule has 1 aliphatic rings. The van der Waals surface area contributed by atoms with Crippen LogP contribution in [0.25, 0.3) is 0 Å². The first-order valence-electron chi connectivity index (χ1n) is 8.82. The molecule has 1 fully saturated rings. The Morgan fingerprint density at radius 2 is 2.11 bits per heavy atom. The predicted molar refractivity (Wildman–Crippen MR) is 98.4 cm³/mol. The average Bonchev–Trinajstić information content (AvgIpc) is 3.00. The molecule has 2 heterocycles. The van der Waals surface area contributed by atoms with Crippen LogP contribution in [0.4, 0.5) is 13.6 Å². The summed E-state index contributed by atoms with van der Waals surface area (Å²) in [4.78, 5) is 28.2. The van der Waals surface area contributed by atoms with Crippen LogP contribution in [0.2, 0.25) is 0 Å². The van der Waals surface area contributed by atoms with Gasteiger partial charge in [0.2, 0.25) is 0 Å². The lowest BCUT2D eigenvalue weighted by molar-refractivity contribution is -0.0499. The molecule has 0 aliphatic carbocycles. The molecule has 0 radical (unpaired) electrons. The number of rotatable bonds is 5. The van der Waals surface area contributed by atoms with Crippen LogP contribution in [0.5, 0.6) is 5.75 Å². The number of amides is 2. The summed E-state index contributed by atoms with van der Waals surface area (Å²) in [5.41, 5.74) is -0.569. The van der Waals surface area contributed by atoms with Crippen LogP contribution < -0.4 is 4.74 Å². The third kappa shape index (κ3) is 6.34. The van der Waals surface area contributed by atoms with Crippen molar-refractivity contribution in [3.63, 3.8) is 0 Å². The van der Waals surface area contributed by atoms with Crippen molar-refractivity contribution in [3.8, 4) is 5.75 Å². The number of hydrogen-bond donors (Lipinski definition) is 0. The van der Waals surface area contributed by atoms with Crippen molar-refractivity contribution < 1.29 is 27.8 Å². The van der Waals surface area contributed by atoms with E-state index in [0.717, 1.165) is 24.2 Å². The molecule has 2 rings (SSSR count). The SMILES string of the molecule is CN(CC1CCCN(C(=O)c2sccc2OC(F)F)C1)C(=O)OC(C)(C)C. The third-order valence-corrected chi connectivity index (χ3v) is 4.97. The summed E-state index contributed by atoms with van der Waals surface area (Å²) in [6.45, 7) is 3.92. The molecule has 1 aromatic heterocycles. The molecular formula is C18H26F2N2O4S. The lowest BCUT2D eigenvalue weighted by Crippen LogP contribution is -2.44. The minimum Gasteiger partial charge on any atom is -0.444 e. The molecule has 1 atom stereocenters. The van der Waals surface area contributed by atoms with Crippen LogP contribution in [0.15, 0.2) is 11.4 Å². The molecule has 0 saturated carbocycles. The maximum absolute atomic E-state index is 12.7. The number of hydrogen-bond acceptors (Lipinski definition) is 5. The van der Waals surface area contributed by atoms with Crippen molar-refractivity contribution in [3.05, 3.63) is 16.3 Å². The first-order chi connectivity index (χ1) is 12.6. The first-order valence-corrected chi connectivity index (χ1v) is 9.70. The third-order valence-electron chi connectivity index (χ3n) is 4.08. The van der Waals surface area contributed by atoms with E-state index in [2.05, 4.69) is 4.74 Å². The van der Waals surface area contributed by atoms with E-state index in [-0.39, 0.29) is 22.5 Å². The van der Waals surface area contributed by atoms with Gasteiger partial charge in [-0.25, -0.2) is 4.79 Å². The van der Waals surface area contributed by atoms with Crippen LogP contribution in [-0.4, -0.2) is 60.7 Å². The number of carbonyl (C=O) groups excluding carboxylic acids is 2. The Balaban J connectivity index is 1.96. The number of ether oxygens (including phenoxy) is 2. The van der Waals surface area contributed by atoms with E-state index in [9.17, 15) is 18.4 Å². The van der Waals surface area contributed by atoms with Crippen molar-refractivity contribution in [2.24, 2.45) is 5.92 Å². The summed E-state index contributed by atoms with van der Waals surface area (Å²) in [5, 5.41) is 1.56. The molecule has 6 nitrogen and oxygen atoms in total. The lowest BCUT2D eigenvalue weighted by Gasteiger charge is -2.35. The molecule has 1 aromatic rings. The molecule has 1 saturated heterocycles. The molecule has 0 N–H and O–H groups in total. The molecule has 1 unspecified atom stereocenters. The quantitative estimate of drug-likeness (QED) is 0.742. The Bertz CT molecular complexity index is 660. The van der Waals surface area contributed by atoms with Gasteiger partial charge in [0, 0.05) is 26.7 Å². The molecule has 152 valence electrons. The van der Waals surface area contributed by atoms with E-state index >= 15 is 0 Å². The Labute approximate surface area is 162 Å². The summed E-state index contributed by atoms with van der Waals surface area (Å²) >= 11 is 1.09. The average molecular weight is 404 g/mol. The largest absolute Gasteiger partial charge is 0.444 e. The fraction of sp³-hybridized carbons (Fsp3) is 0.667. The summed E-state index contributed by atoms with van der Waals surface area (Å²) in [5.74, 6) is -0.307. The Hall–Kier alpha value is -1.90. The number of piperidine rings is 1. The monoisotopic (exact) mass is 404 g/mol. The number of nitrogens with zero attached hydrogens (tertiary/aromatic N) is 2. The standard InChI is InChI=1S/C18H26F2N2O4S/c1-18(2,3)26-17(24)21(4)10-12-6-5-8-22(11-12)15(23)14-13(7-9-27-14)25-16(19)20/h7,9,12,16H,5-6,8,10-11H2,1-4H3.